The Morgan fingerprint density at radius 2 is 2.23 bits per heavy atom. The van der Waals surface area contributed by atoms with Crippen molar-refractivity contribution in [3.63, 3.8) is 0 Å². The maximum atomic E-state index is 12.1. The fourth-order valence-corrected chi connectivity index (χ4v) is 3.23. The van der Waals surface area contributed by atoms with Crippen LogP contribution in [0, 0.1) is 17.2 Å². The van der Waals surface area contributed by atoms with Gasteiger partial charge in [-0.3, -0.25) is 4.79 Å². The van der Waals surface area contributed by atoms with Gasteiger partial charge in [0, 0.05) is 5.39 Å². The molecular formula is C16H16N4OS. The van der Waals surface area contributed by atoms with Gasteiger partial charge in [0.15, 0.2) is 0 Å². The second kappa shape index (κ2) is 5.93. The van der Waals surface area contributed by atoms with E-state index in [9.17, 15) is 10.1 Å². The van der Waals surface area contributed by atoms with Crippen LogP contribution in [0.15, 0.2) is 35.6 Å². The number of nitriles is 1. The van der Waals surface area contributed by atoms with Crippen LogP contribution in [0.2, 0.25) is 0 Å². The van der Waals surface area contributed by atoms with Gasteiger partial charge in [0.2, 0.25) is 5.91 Å². The quantitative estimate of drug-likeness (QED) is 0.678. The predicted molar refractivity (Wildman–Crippen MR) is 85.1 cm³/mol. The highest BCUT2D eigenvalue weighted by Crippen LogP contribution is 2.39. The van der Waals surface area contributed by atoms with Gasteiger partial charge < -0.3 is 5.32 Å². The number of thioether (sulfide) groups is 1. The standard InChI is InChI=1S/C16H16N4OS/c1-16(9-17,11-6-7-11)20-14(21)8-22-15-12-4-2-3-5-13(12)18-10-19-15/h2-5,10-11H,6-8H2,1H3,(H,20,21). The number of aromatic nitrogens is 2. The molecule has 5 nitrogen and oxygen atoms in total. The summed E-state index contributed by atoms with van der Waals surface area (Å²) in [6, 6.07) is 9.94. The number of nitrogens with zero attached hydrogens (tertiary/aromatic N) is 3. The van der Waals surface area contributed by atoms with E-state index < -0.39 is 5.54 Å². The van der Waals surface area contributed by atoms with Crippen LogP contribution in [0.1, 0.15) is 19.8 Å². The zero-order valence-electron chi connectivity index (χ0n) is 12.2. The zero-order chi connectivity index (χ0) is 15.6. The van der Waals surface area contributed by atoms with Crippen molar-refractivity contribution in [2.45, 2.75) is 30.3 Å². The third-order valence-corrected chi connectivity index (χ3v) is 4.88. The Kier molecular flexibility index (Phi) is 3.99. The molecule has 1 aromatic heterocycles. The third-order valence-electron chi connectivity index (χ3n) is 3.87. The topological polar surface area (TPSA) is 78.7 Å². The number of carbonyl (C=O) groups excluding carboxylic acids is 1. The van der Waals surface area contributed by atoms with E-state index in [4.69, 9.17) is 0 Å². The molecule has 1 atom stereocenters. The Balaban J connectivity index is 1.67. The Morgan fingerprint density at radius 3 is 2.95 bits per heavy atom. The van der Waals surface area contributed by atoms with Crippen molar-refractivity contribution in [1.82, 2.24) is 15.3 Å². The lowest BCUT2D eigenvalue weighted by Crippen LogP contribution is -2.47. The number of nitrogens with one attached hydrogen (secondary N) is 1. The van der Waals surface area contributed by atoms with Crippen molar-refractivity contribution >= 4 is 28.6 Å². The molecule has 0 spiro atoms. The molecule has 1 saturated carbocycles. The summed E-state index contributed by atoms with van der Waals surface area (Å²) in [6.07, 6.45) is 3.52. The molecule has 0 bridgehead atoms. The van der Waals surface area contributed by atoms with E-state index in [1.165, 1.54) is 18.1 Å². The molecule has 6 heteroatoms. The van der Waals surface area contributed by atoms with Crippen molar-refractivity contribution in [3.05, 3.63) is 30.6 Å². The van der Waals surface area contributed by atoms with Crippen molar-refractivity contribution in [3.8, 4) is 6.07 Å². The van der Waals surface area contributed by atoms with Gasteiger partial charge >= 0.3 is 0 Å². The van der Waals surface area contributed by atoms with Crippen LogP contribution in [0.3, 0.4) is 0 Å². The van der Waals surface area contributed by atoms with E-state index in [0.29, 0.717) is 0 Å². The number of fused-ring (bicyclic) bond motifs is 1. The van der Waals surface area contributed by atoms with Crippen LogP contribution in [-0.2, 0) is 4.79 Å². The third kappa shape index (κ3) is 3.04. The summed E-state index contributed by atoms with van der Waals surface area (Å²) in [5.74, 6) is 0.389. The average Bonchev–Trinajstić information content (AvgIpc) is 3.38. The molecule has 3 rings (SSSR count). The summed E-state index contributed by atoms with van der Waals surface area (Å²) < 4.78 is 0. The molecule has 1 heterocycles. The van der Waals surface area contributed by atoms with E-state index in [1.54, 1.807) is 6.92 Å². The molecule has 0 aliphatic heterocycles. The highest BCUT2D eigenvalue weighted by atomic mass is 32.2. The molecule has 0 radical (unpaired) electrons. The second-order valence-corrected chi connectivity index (χ2v) is 6.59. The number of hydrogen-bond acceptors (Lipinski definition) is 5. The van der Waals surface area contributed by atoms with E-state index in [-0.39, 0.29) is 17.6 Å². The summed E-state index contributed by atoms with van der Waals surface area (Å²) in [6.45, 7) is 1.80. The van der Waals surface area contributed by atoms with Crippen molar-refractivity contribution in [1.29, 1.82) is 5.26 Å². The van der Waals surface area contributed by atoms with Crippen LogP contribution in [0.4, 0.5) is 0 Å². The minimum atomic E-state index is -0.745. The first kappa shape index (κ1) is 14.8. The monoisotopic (exact) mass is 312 g/mol. The van der Waals surface area contributed by atoms with Crippen molar-refractivity contribution in [2.75, 3.05) is 5.75 Å². The fourth-order valence-electron chi connectivity index (χ4n) is 2.44. The van der Waals surface area contributed by atoms with Gasteiger partial charge in [-0.05, 0) is 31.7 Å². The second-order valence-electron chi connectivity index (χ2n) is 5.62. The van der Waals surface area contributed by atoms with Crippen LogP contribution in [-0.4, -0.2) is 27.2 Å². The molecule has 22 heavy (non-hydrogen) atoms. The summed E-state index contributed by atoms with van der Waals surface area (Å²) in [4.78, 5) is 20.6. The normalized spacial score (nSPS) is 16.7. The largest absolute Gasteiger partial charge is 0.337 e. The number of rotatable bonds is 5. The Morgan fingerprint density at radius 1 is 1.45 bits per heavy atom. The highest BCUT2D eigenvalue weighted by molar-refractivity contribution is 8.00. The Hall–Kier alpha value is -2.13. The van der Waals surface area contributed by atoms with E-state index in [0.717, 1.165) is 28.8 Å². The Bertz CT molecular complexity index is 748. The lowest BCUT2D eigenvalue weighted by Gasteiger charge is -2.22. The van der Waals surface area contributed by atoms with Gasteiger partial charge in [-0.2, -0.15) is 5.26 Å². The molecule has 2 aromatic rings. The van der Waals surface area contributed by atoms with E-state index in [2.05, 4.69) is 21.4 Å². The number of benzene rings is 1. The smallest absolute Gasteiger partial charge is 0.231 e. The number of carbonyl (C=O) groups is 1. The highest BCUT2D eigenvalue weighted by Gasteiger charge is 2.42. The minimum Gasteiger partial charge on any atom is -0.337 e. The molecule has 1 aromatic carbocycles. The minimum absolute atomic E-state index is 0.136. The van der Waals surface area contributed by atoms with Crippen LogP contribution < -0.4 is 5.32 Å². The van der Waals surface area contributed by atoms with Gasteiger partial charge in [0.1, 0.15) is 16.9 Å². The molecule has 1 amide bonds. The number of hydrogen-bond donors (Lipinski definition) is 1. The van der Waals surface area contributed by atoms with E-state index >= 15 is 0 Å². The maximum absolute atomic E-state index is 12.1. The molecule has 1 aliphatic rings. The number of para-hydroxylation sites is 1. The fraction of sp³-hybridized carbons (Fsp3) is 0.375. The lowest BCUT2D eigenvalue weighted by molar-refractivity contribution is -0.119. The molecule has 1 aliphatic carbocycles. The first-order valence-electron chi connectivity index (χ1n) is 7.17. The van der Waals surface area contributed by atoms with Crippen molar-refractivity contribution < 1.29 is 4.79 Å². The lowest BCUT2D eigenvalue weighted by atomic mass is 9.98. The average molecular weight is 312 g/mol. The first-order chi connectivity index (χ1) is 10.6. The van der Waals surface area contributed by atoms with E-state index in [1.807, 2.05) is 24.3 Å². The predicted octanol–water partition coefficient (Wildman–Crippen LogP) is 2.53. The molecule has 1 N–H and O–H groups in total. The first-order valence-corrected chi connectivity index (χ1v) is 8.16. The molecule has 112 valence electrons. The van der Waals surface area contributed by atoms with Crippen LogP contribution >= 0.6 is 11.8 Å². The van der Waals surface area contributed by atoms with Gasteiger partial charge in [0.05, 0.1) is 17.3 Å². The number of amides is 1. The van der Waals surface area contributed by atoms with Gasteiger partial charge in [-0.15, -0.1) is 0 Å². The molecular weight excluding hydrogens is 296 g/mol. The summed E-state index contributed by atoms with van der Waals surface area (Å²) in [7, 11) is 0. The molecule has 1 fully saturated rings. The van der Waals surface area contributed by atoms with Gasteiger partial charge in [-0.1, -0.05) is 30.0 Å². The summed E-state index contributed by atoms with van der Waals surface area (Å²) in [5.41, 5.74) is 0.117. The van der Waals surface area contributed by atoms with Gasteiger partial charge in [-0.25, -0.2) is 9.97 Å². The van der Waals surface area contributed by atoms with Crippen molar-refractivity contribution in [2.24, 2.45) is 5.92 Å². The maximum Gasteiger partial charge on any atom is 0.231 e. The summed E-state index contributed by atoms with van der Waals surface area (Å²) >= 11 is 1.37. The molecule has 1 unspecified atom stereocenters. The summed E-state index contributed by atoms with van der Waals surface area (Å²) in [5, 5.41) is 13.9. The van der Waals surface area contributed by atoms with Gasteiger partial charge in [0.25, 0.3) is 0 Å². The zero-order valence-corrected chi connectivity index (χ0v) is 13.1. The molecule has 0 saturated heterocycles. The van der Waals surface area contributed by atoms with Crippen LogP contribution in [0.5, 0.6) is 0 Å². The van der Waals surface area contributed by atoms with Crippen LogP contribution in [0.25, 0.3) is 10.9 Å². The Labute approximate surface area is 133 Å². The SMILES string of the molecule is CC(C#N)(NC(=O)CSc1ncnc2ccccc12)C1CC1.